The predicted molar refractivity (Wildman–Crippen MR) is 61.5 cm³/mol. The minimum absolute atomic E-state index is 0.0645. The Morgan fingerprint density at radius 1 is 1.57 bits per heavy atom. The minimum atomic E-state index is -0.356. The summed E-state index contributed by atoms with van der Waals surface area (Å²) in [4.78, 5) is 4.24. The van der Waals surface area contributed by atoms with Crippen LogP contribution in [0.1, 0.15) is 19.4 Å². The Hall–Kier alpha value is -0.610. The summed E-state index contributed by atoms with van der Waals surface area (Å²) in [5.41, 5.74) is 0.745. The first kappa shape index (κ1) is 11.5. The third-order valence-corrected chi connectivity index (χ3v) is 2.43. The molecule has 78 valence electrons. The summed E-state index contributed by atoms with van der Waals surface area (Å²) < 4.78 is 0.916. The second-order valence-electron chi connectivity index (χ2n) is 4.01. The number of anilines is 1. The average Bonchev–Trinajstić information content (AvgIpc) is 2.10. The van der Waals surface area contributed by atoms with E-state index in [1.807, 2.05) is 26.8 Å². The molecule has 1 aromatic rings. The molecule has 0 amide bonds. The maximum atomic E-state index is 9.10. The molecule has 0 saturated carbocycles. The van der Waals surface area contributed by atoms with Crippen LogP contribution >= 0.6 is 15.9 Å². The van der Waals surface area contributed by atoms with Gasteiger partial charge in [-0.1, -0.05) is 0 Å². The Morgan fingerprint density at radius 2 is 2.21 bits per heavy atom. The van der Waals surface area contributed by atoms with Gasteiger partial charge in [-0.05, 0) is 48.3 Å². The van der Waals surface area contributed by atoms with Crippen LogP contribution in [0.3, 0.4) is 0 Å². The highest BCUT2D eigenvalue weighted by Crippen LogP contribution is 2.23. The van der Waals surface area contributed by atoms with Crippen LogP contribution in [-0.4, -0.2) is 22.2 Å². The van der Waals surface area contributed by atoms with Crippen molar-refractivity contribution in [1.82, 2.24) is 4.98 Å². The monoisotopic (exact) mass is 258 g/mol. The van der Waals surface area contributed by atoms with Gasteiger partial charge in [0.05, 0.1) is 16.6 Å². The third kappa shape index (κ3) is 2.96. The highest BCUT2D eigenvalue weighted by Gasteiger charge is 2.17. The van der Waals surface area contributed by atoms with Crippen LogP contribution in [0, 0.1) is 6.92 Å². The van der Waals surface area contributed by atoms with Crippen molar-refractivity contribution in [3.05, 3.63) is 22.3 Å². The summed E-state index contributed by atoms with van der Waals surface area (Å²) in [6.07, 6.45) is 1.79. The van der Waals surface area contributed by atoms with Gasteiger partial charge in [0, 0.05) is 6.20 Å². The van der Waals surface area contributed by atoms with Crippen molar-refractivity contribution in [2.75, 3.05) is 11.9 Å². The molecule has 14 heavy (non-hydrogen) atoms. The molecule has 0 bridgehead atoms. The molecule has 1 aromatic heterocycles. The lowest BCUT2D eigenvalue weighted by Crippen LogP contribution is -2.35. The van der Waals surface area contributed by atoms with Crippen LogP contribution < -0.4 is 5.32 Å². The molecule has 0 aliphatic carbocycles. The fraction of sp³-hybridized carbons (Fsp3) is 0.500. The van der Waals surface area contributed by atoms with Crippen molar-refractivity contribution in [3.8, 4) is 0 Å². The molecule has 0 saturated heterocycles. The summed E-state index contributed by atoms with van der Waals surface area (Å²) >= 11 is 3.42. The molecule has 1 heterocycles. The number of aromatic nitrogens is 1. The Morgan fingerprint density at radius 3 is 2.71 bits per heavy atom. The molecule has 0 aromatic carbocycles. The smallest absolute Gasteiger partial charge is 0.140 e. The van der Waals surface area contributed by atoms with Gasteiger partial charge in [0.2, 0.25) is 0 Å². The third-order valence-electron chi connectivity index (χ3n) is 1.83. The van der Waals surface area contributed by atoms with Crippen molar-refractivity contribution in [3.63, 3.8) is 0 Å². The van der Waals surface area contributed by atoms with Crippen LogP contribution in [0.15, 0.2) is 16.7 Å². The van der Waals surface area contributed by atoms with Gasteiger partial charge in [-0.25, -0.2) is 4.98 Å². The molecule has 0 radical (unpaired) electrons. The van der Waals surface area contributed by atoms with E-state index in [9.17, 15) is 0 Å². The van der Waals surface area contributed by atoms with Crippen molar-refractivity contribution in [2.24, 2.45) is 0 Å². The molecule has 3 nitrogen and oxygen atoms in total. The van der Waals surface area contributed by atoms with E-state index >= 15 is 0 Å². The van der Waals surface area contributed by atoms with E-state index in [0.29, 0.717) is 0 Å². The molecule has 1 rings (SSSR count). The fourth-order valence-electron chi connectivity index (χ4n) is 0.986. The van der Waals surface area contributed by atoms with Crippen LogP contribution in [0.2, 0.25) is 0 Å². The van der Waals surface area contributed by atoms with Crippen LogP contribution in [0.4, 0.5) is 5.82 Å². The number of halogens is 1. The summed E-state index contributed by atoms with van der Waals surface area (Å²) in [5.74, 6) is 0.759. The summed E-state index contributed by atoms with van der Waals surface area (Å²) in [6.45, 7) is 5.88. The number of aliphatic hydroxyl groups excluding tert-OH is 1. The number of aryl methyl sites for hydroxylation is 1. The van der Waals surface area contributed by atoms with Crippen molar-refractivity contribution >= 4 is 21.7 Å². The lowest BCUT2D eigenvalue weighted by atomic mass is 10.1. The summed E-state index contributed by atoms with van der Waals surface area (Å²) in [6, 6.07) is 1.99. The van der Waals surface area contributed by atoms with Crippen LogP contribution in [0.25, 0.3) is 0 Å². The van der Waals surface area contributed by atoms with Crippen molar-refractivity contribution < 1.29 is 5.11 Å². The Balaban J connectivity index is 2.87. The number of hydrogen-bond acceptors (Lipinski definition) is 3. The van der Waals surface area contributed by atoms with Gasteiger partial charge in [-0.15, -0.1) is 0 Å². The van der Waals surface area contributed by atoms with Crippen LogP contribution in [0.5, 0.6) is 0 Å². The second-order valence-corrected chi connectivity index (χ2v) is 4.86. The molecule has 0 aliphatic heterocycles. The number of rotatable bonds is 3. The zero-order chi connectivity index (χ0) is 10.8. The largest absolute Gasteiger partial charge is 0.394 e. The van der Waals surface area contributed by atoms with Crippen LogP contribution in [-0.2, 0) is 0 Å². The molecule has 2 N–H and O–H groups in total. The standard InChI is InChI=1S/C10H15BrN2O/c1-7-4-8(11)9(12-5-7)13-10(2,3)6-14/h4-5,14H,6H2,1-3H3,(H,12,13). The van der Waals surface area contributed by atoms with E-state index in [-0.39, 0.29) is 12.1 Å². The summed E-state index contributed by atoms with van der Waals surface area (Å²) in [5, 5.41) is 12.3. The normalized spacial score (nSPS) is 11.5. The number of nitrogens with zero attached hydrogens (tertiary/aromatic N) is 1. The maximum Gasteiger partial charge on any atom is 0.140 e. The van der Waals surface area contributed by atoms with Gasteiger partial charge in [0.25, 0.3) is 0 Å². The van der Waals surface area contributed by atoms with E-state index < -0.39 is 0 Å². The Labute approximate surface area is 92.7 Å². The highest BCUT2D eigenvalue weighted by molar-refractivity contribution is 9.10. The Kier molecular flexibility index (Phi) is 3.50. The zero-order valence-corrected chi connectivity index (χ0v) is 10.2. The predicted octanol–water partition coefficient (Wildman–Crippen LogP) is 2.34. The van der Waals surface area contributed by atoms with E-state index in [4.69, 9.17) is 5.11 Å². The van der Waals surface area contributed by atoms with Gasteiger partial charge >= 0.3 is 0 Å². The lowest BCUT2D eigenvalue weighted by Gasteiger charge is -2.24. The molecular weight excluding hydrogens is 244 g/mol. The second kappa shape index (κ2) is 4.28. The van der Waals surface area contributed by atoms with Crippen molar-refractivity contribution in [2.45, 2.75) is 26.3 Å². The SMILES string of the molecule is Cc1cnc(NC(C)(C)CO)c(Br)c1. The van der Waals surface area contributed by atoms with Gasteiger partial charge < -0.3 is 10.4 Å². The fourth-order valence-corrected chi connectivity index (χ4v) is 1.55. The number of pyridine rings is 1. The van der Waals surface area contributed by atoms with E-state index in [1.54, 1.807) is 6.20 Å². The van der Waals surface area contributed by atoms with Gasteiger partial charge in [-0.3, -0.25) is 0 Å². The van der Waals surface area contributed by atoms with E-state index in [0.717, 1.165) is 15.9 Å². The molecule has 0 unspecified atom stereocenters. The topological polar surface area (TPSA) is 45.2 Å². The number of aliphatic hydroxyl groups is 1. The lowest BCUT2D eigenvalue weighted by molar-refractivity contribution is 0.234. The number of hydrogen-bond donors (Lipinski definition) is 2. The first-order chi connectivity index (χ1) is 6.44. The Bertz CT molecular complexity index is 326. The molecule has 0 atom stereocenters. The highest BCUT2D eigenvalue weighted by atomic mass is 79.9. The van der Waals surface area contributed by atoms with Gasteiger partial charge in [0.15, 0.2) is 0 Å². The minimum Gasteiger partial charge on any atom is -0.394 e. The van der Waals surface area contributed by atoms with E-state index in [1.165, 1.54) is 0 Å². The number of nitrogens with one attached hydrogen (secondary N) is 1. The van der Waals surface area contributed by atoms with Crippen molar-refractivity contribution in [1.29, 1.82) is 0 Å². The quantitative estimate of drug-likeness (QED) is 0.875. The maximum absolute atomic E-state index is 9.10. The molecule has 0 spiro atoms. The first-order valence-electron chi connectivity index (χ1n) is 4.46. The van der Waals surface area contributed by atoms with E-state index in [2.05, 4.69) is 26.2 Å². The zero-order valence-electron chi connectivity index (χ0n) is 8.63. The summed E-state index contributed by atoms with van der Waals surface area (Å²) in [7, 11) is 0. The van der Waals surface area contributed by atoms with Gasteiger partial charge in [-0.2, -0.15) is 0 Å². The van der Waals surface area contributed by atoms with Gasteiger partial charge in [0.1, 0.15) is 5.82 Å². The molecule has 0 aliphatic rings. The first-order valence-corrected chi connectivity index (χ1v) is 5.25. The molecule has 0 fully saturated rings. The average molecular weight is 259 g/mol. The molecule has 4 heteroatoms. The molecular formula is C10H15BrN2O.